The summed E-state index contributed by atoms with van der Waals surface area (Å²) in [5.41, 5.74) is 8.18. The molecule has 1 fully saturated rings. The summed E-state index contributed by atoms with van der Waals surface area (Å²) in [6, 6.07) is 18.9. The summed E-state index contributed by atoms with van der Waals surface area (Å²) in [5, 5.41) is 13.2. The average Bonchev–Trinajstić information content (AvgIpc) is 3.70. The predicted molar refractivity (Wildman–Crippen MR) is 200 cm³/mol. The van der Waals surface area contributed by atoms with E-state index in [0.717, 1.165) is 78.5 Å². The number of furan rings is 1. The van der Waals surface area contributed by atoms with Gasteiger partial charge >= 0.3 is 5.97 Å². The third kappa shape index (κ3) is 10.9. The van der Waals surface area contributed by atoms with Crippen LogP contribution in [0, 0.1) is 26.7 Å². The third-order valence-electron chi connectivity index (χ3n) is 8.34. The molecule has 0 radical (unpaired) electrons. The van der Waals surface area contributed by atoms with Crippen LogP contribution in [-0.2, 0) is 16.0 Å². The van der Waals surface area contributed by atoms with Gasteiger partial charge in [0, 0.05) is 38.3 Å². The van der Waals surface area contributed by atoms with E-state index in [0.29, 0.717) is 10.8 Å². The zero-order chi connectivity index (χ0) is 35.1. The normalized spacial score (nSPS) is 15.0. The van der Waals surface area contributed by atoms with Crippen molar-refractivity contribution in [3.63, 3.8) is 0 Å². The van der Waals surface area contributed by atoms with Crippen molar-refractivity contribution in [2.24, 2.45) is 5.92 Å². The molecule has 0 saturated carbocycles. The molecule has 7 nitrogen and oxygen atoms in total. The lowest BCUT2D eigenvalue weighted by molar-refractivity contribution is -0.0980. The van der Waals surface area contributed by atoms with Crippen LogP contribution >= 0.6 is 11.3 Å². The molecule has 1 saturated heterocycles. The van der Waals surface area contributed by atoms with Crippen molar-refractivity contribution in [3.8, 4) is 21.8 Å². The smallest absolute Gasteiger partial charge is 0.348 e. The number of hydrogen-bond donors (Lipinski definition) is 2. The number of benzene rings is 2. The van der Waals surface area contributed by atoms with Crippen LogP contribution in [0.25, 0.3) is 27.8 Å². The summed E-state index contributed by atoms with van der Waals surface area (Å²) in [4.78, 5) is 23.5. The molecule has 8 heteroatoms. The molecule has 0 atom stereocenters. The van der Waals surface area contributed by atoms with Crippen molar-refractivity contribution in [1.29, 1.82) is 0 Å². The number of methoxy groups -OCH3 is 1. The lowest BCUT2D eigenvalue weighted by atomic mass is 9.97. The Morgan fingerprint density at radius 2 is 1.65 bits per heavy atom. The average molecular weight is 671 g/mol. The highest BCUT2D eigenvalue weighted by Gasteiger charge is 2.22. The molecular formula is C40H50N2O5S. The Labute approximate surface area is 290 Å². The van der Waals surface area contributed by atoms with E-state index < -0.39 is 5.97 Å². The number of hydrogen-bond acceptors (Lipinski definition) is 7. The second-order valence-corrected chi connectivity index (χ2v) is 13.2. The van der Waals surface area contributed by atoms with Crippen LogP contribution in [0.5, 0.6) is 0 Å². The van der Waals surface area contributed by atoms with Gasteiger partial charge in [-0.3, -0.25) is 0 Å². The largest absolute Gasteiger partial charge is 0.477 e. The molecule has 0 bridgehead atoms. The summed E-state index contributed by atoms with van der Waals surface area (Å²) in [5.74, 6) is 1.52. The van der Waals surface area contributed by atoms with Gasteiger partial charge in [0.2, 0.25) is 0 Å². The number of nitrogens with zero attached hydrogens (tertiary/aromatic N) is 1. The first-order valence-corrected chi connectivity index (χ1v) is 17.1. The number of ether oxygens (including phenoxy) is 1. The van der Waals surface area contributed by atoms with E-state index in [1.165, 1.54) is 33.6 Å². The summed E-state index contributed by atoms with van der Waals surface area (Å²) in [6.07, 6.45) is 12.5. The fourth-order valence-corrected chi connectivity index (χ4v) is 6.73. The molecule has 0 amide bonds. The van der Waals surface area contributed by atoms with Gasteiger partial charge in [-0.1, -0.05) is 66.3 Å². The molecule has 2 aromatic heterocycles. The zero-order valence-corrected chi connectivity index (χ0v) is 30.0. The number of anilines is 1. The molecule has 2 aromatic carbocycles. The van der Waals surface area contributed by atoms with Crippen LogP contribution in [0.4, 0.5) is 5.69 Å². The topological polar surface area (TPSA) is 92.0 Å². The van der Waals surface area contributed by atoms with Crippen LogP contribution in [-0.4, -0.2) is 58.8 Å². The Balaban J connectivity index is 0.000000376. The van der Waals surface area contributed by atoms with E-state index in [1.807, 2.05) is 32.1 Å². The first-order valence-electron chi connectivity index (χ1n) is 16.3. The Morgan fingerprint density at radius 1 is 0.979 bits per heavy atom. The molecule has 2 N–H and O–H groups in total. The monoisotopic (exact) mass is 670 g/mol. The third-order valence-corrected chi connectivity index (χ3v) is 9.50. The van der Waals surface area contributed by atoms with Crippen molar-refractivity contribution in [2.45, 2.75) is 46.5 Å². The molecule has 3 heterocycles. The van der Waals surface area contributed by atoms with E-state index in [1.54, 1.807) is 14.2 Å². The minimum atomic E-state index is -0.865. The number of fused-ring (bicyclic) bond motifs is 1. The number of carboxylic acid groups (broad SMARTS) is 1. The molecule has 6 rings (SSSR count). The van der Waals surface area contributed by atoms with Crippen LogP contribution in [0.15, 0.2) is 77.2 Å². The van der Waals surface area contributed by atoms with Crippen molar-refractivity contribution < 1.29 is 23.8 Å². The van der Waals surface area contributed by atoms with E-state index in [4.69, 9.17) is 9.21 Å². The standard InChI is InChI=1S/C28H30N2O3S.C9H12.C2H6O.CH2O/c1-30(18-19-12-14-29-15-13-19)23-17-26(34-27(23)28(31)32)21-10-8-20(9-11-21)25-16-22-6-4-2-3-5-7-24(22)33-25;1-7-4-5-8(2)9(3)6-7;1-3-2;1-2/h2-3,5,7-11,16-17,19,29H,4,6,12-15,18H2,1H3,(H,31,32);4-6H,1-3H3;1-2H3;1H2/b3-2+,7-5-;;;. The van der Waals surface area contributed by atoms with Crippen molar-refractivity contribution in [1.82, 2.24) is 5.32 Å². The number of carbonyl (C=O) groups excluding carboxylic acids is 1. The van der Waals surface area contributed by atoms with Crippen molar-refractivity contribution >= 4 is 35.9 Å². The second kappa shape index (κ2) is 19.5. The minimum absolute atomic E-state index is 0.404. The number of nitrogens with one attached hydrogen (secondary N) is 1. The number of carbonyl (C=O) groups is 2. The molecule has 2 aliphatic rings. The Morgan fingerprint density at radius 3 is 2.27 bits per heavy atom. The quantitative estimate of drug-likeness (QED) is 0.212. The summed E-state index contributed by atoms with van der Waals surface area (Å²) in [6.45, 7) is 11.3. The minimum Gasteiger partial charge on any atom is -0.477 e. The van der Waals surface area contributed by atoms with Gasteiger partial charge in [0.05, 0.1) is 5.69 Å². The molecular weight excluding hydrogens is 621 g/mol. The number of piperidine rings is 1. The van der Waals surface area contributed by atoms with Gasteiger partial charge in [-0.05, 0) is 106 Å². The van der Waals surface area contributed by atoms with E-state index in [-0.39, 0.29) is 0 Å². The van der Waals surface area contributed by atoms with Crippen molar-refractivity contribution in [3.05, 3.63) is 106 Å². The number of allylic oxidation sites excluding steroid dienone is 3. The number of rotatable bonds is 6. The Kier molecular flexibility index (Phi) is 15.6. The SMILES string of the molecule is C=O.CN(CC1CCNCC1)c1cc(-c2ccc(-c3cc4c(o3)/C=C\C=C\CC4)cc2)sc1C(=O)O.COC.Cc1ccc(C)c(C)c1. The maximum atomic E-state index is 12.0. The van der Waals surface area contributed by atoms with E-state index >= 15 is 0 Å². The Bertz CT molecular complexity index is 1640. The van der Waals surface area contributed by atoms with Crippen LogP contribution in [0.2, 0.25) is 0 Å². The highest BCUT2D eigenvalue weighted by molar-refractivity contribution is 7.18. The number of carboxylic acids is 1. The summed E-state index contributed by atoms with van der Waals surface area (Å²) in [7, 11) is 5.26. The number of aromatic carboxylic acids is 1. The summed E-state index contributed by atoms with van der Waals surface area (Å²) < 4.78 is 10.4. The van der Waals surface area contributed by atoms with Gasteiger partial charge in [-0.25, -0.2) is 4.79 Å². The van der Waals surface area contributed by atoms with Gasteiger partial charge < -0.3 is 29.3 Å². The molecule has 4 aromatic rings. The zero-order valence-electron chi connectivity index (χ0n) is 29.2. The molecule has 1 aliphatic heterocycles. The van der Waals surface area contributed by atoms with Gasteiger partial charge in [-0.15, -0.1) is 11.3 Å². The second-order valence-electron chi connectivity index (χ2n) is 12.1. The highest BCUT2D eigenvalue weighted by atomic mass is 32.1. The van der Waals surface area contributed by atoms with E-state index in [9.17, 15) is 9.90 Å². The fourth-order valence-electron chi connectivity index (χ4n) is 5.68. The lowest BCUT2D eigenvalue weighted by Gasteiger charge is -2.28. The first-order chi connectivity index (χ1) is 23.2. The predicted octanol–water partition coefficient (Wildman–Crippen LogP) is 9.01. The fraction of sp³-hybridized carbons (Fsp3) is 0.350. The lowest BCUT2D eigenvalue weighted by Crippen LogP contribution is -2.34. The molecule has 0 unspecified atom stereocenters. The molecule has 1 aliphatic carbocycles. The molecule has 48 heavy (non-hydrogen) atoms. The highest BCUT2D eigenvalue weighted by Crippen LogP contribution is 2.38. The van der Waals surface area contributed by atoms with Gasteiger partial charge in [0.25, 0.3) is 0 Å². The van der Waals surface area contributed by atoms with Crippen molar-refractivity contribution in [2.75, 3.05) is 45.8 Å². The molecule has 256 valence electrons. The number of aryl methyl sites for hydroxylation is 4. The Hall–Kier alpha value is -4.24. The van der Waals surface area contributed by atoms with E-state index in [2.05, 4.69) is 96.4 Å². The van der Waals surface area contributed by atoms with Crippen LogP contribution < -0.4 is 10.2 Å². The van der Waals surface area contributed by atoms with Gasteiger partial charge in [-0.2, -0.15) is 0 Å². The van der Waals surface area contributed by atoms with Gasteiger partial charge in [0.1, 0.15) is 23.2 Å². The maximum Gasteiger partial charge on any atom is 0.348 e. The van der Waals surface area contributed by atoms with Gasteiger partial charge in [0.15, 0.2) is 0 Å². The number of thiophene rings is 1. The summed E-state index contributed by atoms with van der Waals surface area (Å²) >= 11 is 1.35. The van der Waals surface area contributed by atoms with Crippen LogP contribution in [0.1, 0.15) is 56.9 Å². The molecule has 0 spiro atoms. The first kappa shape index (κ1) is 38.2. The van der Waals surface area contributed by atoms with Crippen LogP contribution in [0.3, 0.4) is 0 Å². The maximum absolute atomic E-state index is 12.0.